The van der Waals surface area contributed by atoms with E-state index in [2.05, 4.69) is 27.8 Å². The standard InChI is InChI=1S/C11H14BrNO/c1-2-7-13-8-9-14-11-5-3-10(12)4-6-11/h2-6,13H,1,7-9H2. The first-order chi connectivity index (χ1) is 6.83. The Morgan fingerprint density at radius 1 is 1.36 bits per heavy atom. The van der Waals surface area contributed by atoms with Crippen molar-refractivity contribution < 1.29 is 4.74 Å². The Morgan fingerprint density at radius 2 is 2.07 bits per heavy atom. The van der Waals surface area contributed by atoms with Crippen molar-refractivity contribution in [2.75, 3.05) is 19.7 Å². The third kappa shape index (κ3) is 4.44. The third-order valence-corrected chi connectivity index (χ3v) is 2.18. The fraction of sp³-hybridized carbons (Fsp3) is 0.273. The van der Waals surface area contributed by atoms with Gasteiger partial charge < -0.3 is 10.1 Å². The van der Waals surface area contributed by atoms with Gasteiger partial charge in [0.2, 0.25) is 0 Å². The molecule has 3 heteroatoms. The van der Waals surface area contributed by atoms with E-state index in [1.54, 1.807) is 0 Å². The van der Waals surface area contributed by atoms with E-state index < -0.39 is 0 Å². The van der Waals surface area contributed by atoms with Crippen molar-refractivity contribution >= 4 is 15.9 Å². The predicted octanol–water partition coefficient (Wildman–Crippen LogP) is 2.60. The molecule has 0 atom stereocenters. The monoisotopic (exact) mass is 255 g/mol. The molecule has 0 amide bonds. The van der Waals surface area contributed by atoms with Gasteiger partial charge in [-0.1, -0.05) is 22.0 Å². The molecule has 0 fully saturated rings. The Labute approximate surface area is 93.1 Å². The molecule has 0 radical (unpaired) electrons. The average Bonchev–Trinajstić information content (AvgIpc) is 2.21. The molecule has 0 heterocycles. The maximum Gasteiger partial charge on any atom is 0.119 e. The van der Waals surface area contributed by atoms with Gasteiger partial charge >= 0.3 is 0 Å². The van der Waals surface area contributed by atoms with Crippen molar-refractivity contribution in [3.8, 4) is 5.75 Å². The van der Waals surface area contributed by atoms with Crippen molar-refractivity contribution in [1.29, 1.82) is 0 Å². The van der Waals surface area contributed by atoms with E-state index in [4.69, 9.17) is 4.74 Å². The summed E-state index contributed by atoms with van der Waals surface area (Å²) in [6.45, 7) is 5.95. The van der Waals surface area contributed by atoms with Crippen molar-refractivity contribution in [2.24, 2.45) is 0 Å². The summed E-state index contributed by atoms with van der Waals surface area (Å²) in [7, 11) is 0. The summed E-state index contributed by atoms with van der Waals surface area (Å²) in [6.07, 6.45) is 1.83. The van der Waals surface area contributed by atoms with Crippen LogP contribution in [0.2, 0.25) is 0 Å². The second-order valence-electron chi connectivity index (χ2n) is 2.80. The minimum absolute atomic E-state index is 0.676. The normalized spacial score (nSPS) is 9.79. The van der Waals surface area contributed by atoms with Gasteiger partial charge in [-0.05, 0) is 24.3 Å². The molecule has 0 spiro atoms. The SMILES string of the molecule is C=CCNCCOc1ccc(Br)cc1. The maximum absolute atomic E-state index is 5.49. The van der Waals surface area contributed by atoms with Gasteiger partial charge in [0.15, 0.2) is 0 Å². The van der Waals surface area contributed by atoms with Crippen LogP contribution < -0.4 is 10.1 Å². The predicted molar refractivity (Wildman–Crippen MR) is 62.7 cm³/mol. The lowest BCUT2D eigenvalue weighted by atomic mass is 10.3. The summed E-state index contributed by atoms with van der Waals surface area (Å²) in [4.78, 5) is 0. The summed E-state index contributed by atoms with van der Waals surface area (Å²) in [6, 6.07) is 7.81. The van der Waals surface area contributed by atoms with Crippen LogP contribution in [-0.4, -0.2) is 19.7 Å². The largest absolute Gasteiger partial charge is 0.492 e. The molecule has 0 aliphatic carbocycles. The Balaban J connectivity index is 2.18. The first kappa shape index (κ1) is 11.3. The highest BCUT2D eigenvalue weighted by atomic mass is 79.9. The van der Waals surface area contributed by atoms with Crippen LogP contribution in [0.1, 0.15) is 0 Å². The highest BCUT2D eigenvalue weighted by Crippen LogP contribution is 2.15. The first-order valence-corrected chi connectivity index (χ1v) is 5.32. The molecule has 1 rings (SSSR count). The third-order valence-electron chi connectivity index (χ3n) is 1.65. The Morgan fingerprint density at radius 3 is 2.71 bits per heavy atom. The second kappa shape index (κ2) is 6.62. The fourth-order valence-corrected chi connectivity index (χ4v) is 1.24. The summed E-state index contributed by atoms with van der Waals surface area (Å²) >= 11 is 3.37. The lowest BCUT2D eigenvalue weighted by molar-refractivity contribution is 0.316. The second-order valence-corrected chi connectivity index (χ2v) is 3.71. The van der Waals surface area contributed by atoms with Crippen LogP contribution >= 0.6 is 15.9 Å². The summed E-state index contributed by atoms with van der Waals surface area (Å²) in [5.74, 6) is 0.897. The lowest BCUT2D eigenvalue weighted by Crippen LogP contribution is -2.20. The van der Waals surface area contributed by atoms with Gasteiger partial charge in [0, 0.05) is 17.6 Å². The molecular weight excluding hydrogens is 242 g/mol. The molecule has 0 saturated heterocycles. The highest BCUT2D eigenvalue weighted by molar-refractivity contribution is 9.10. The van der Waals surface area contributed by atoms with Crippen molar-refractivity contribution in [3.63, 3.8) is 0 Å². The van der Waals surface area contributed by atoms with Crippen LogP contribution in [0.5, 0.6) is 5.75 Å². The molecular formula is C11H14BrNO. The maximum atomic E-state index is 5.49. The Kier molecular flexibility index (Phi) is 5.33. The average molecular weight is 256 g/mol. The zero-order valence-electron chi connectivity index (χ0n) is 8.00. The van der Waals surface area contributed by atoms with E-state index in [1.807, 2.05) is 30.3 Å². The zero-order valence-corrected chi connectivity index (χ0v) is 9.59. The molecule has 0 bridgehead atoms. The van der Waals surface area contributed by atoms with Crippen LogP contribution in [0.25, 0.3) is 0 Å². The molecule has 0 aromatic heterocycles. The van der Waals surface area contributed by atoms with Gasteiger partial charge in [-0.15, -0.1) is 6.58 Å². The number of hydrogen-bond donors (Lipinski definition) is 1. The van der Waals surface area contributed by atoms with E-state index in [1.165, 1.54) is 0 Å². The van der Waals surface area contributed by atoms with E-state index in [0.717, 1.165) is 23.3 Å². The van der Waals surface area contributed by atoms with E-state index in [9.17, 15) is 0 Å². The molecule has 76 valence electrons. The van der Waals surface area contributed by atoms with Gasteiger partial charge in [-0.3, -0.25) is 0 Å². The topological polar surface area (TPSA) is 21.3 Å². The Bertz CT molecular complexity index is 271. The number of ether oxygens (including phenoxy) is 1. The Hall–Kier alpha value is -0.800. The molecule has 0 aliphatic heterocycles. The minimum atomic E-state index is 0.676. The van der Waals surface area contributed by atoms with Gasteiger partial charge in [-0.2, -0.15) is 0 Å². The molecule has 1 aromatic rings. The fourth-order valence-electron chi connectivity index (χ4n) is 0.976. The van der Waals surface area contributed by atoms with Crippen molar-refractivity contribution in [3.05, 3.63) is 41.4 Å². The number of halogens is 1. The van der Waals surface area contributed by atoms with E-state index in [0.29, 0.717) is 6.61 Å². The van der Waals surface area contributed by atoms with Crippen LogP contribution in [0.4, 0.5) is 0 Å². The van der Waals surface area contributed by atoms with Crippen molar-refractivity contribution in [1.82, 2.24) is 5.32 Å². The van der Waals surface area contributed by atoms with Crippen molar-refractivity contribution in [2.45, 2.75) is 0 Å². The van der Waals surface area contributed by atoms with Gasteiger partial charge in [0.25, 0.3) is 0 Å². The number of hydrogen-bond acceptors (Lipinski definition) is 2. The molecule has 0 aliphatic rings. The lowest BCUT2D eigenvalue weighted by Gasteiger charge is -2.06. The number of benzene rings is 1. The van der Waals surface area contributed by atoms with Crippen LogP contribution in [-0.2, 0) is 0 Å². The summed E-state index contributed by atoms with van der Waals surface area (Å²) in [5.41, 5.74) is 0. The van der Waals surface area contributed by atoms with Crippen LogP contribution in [0.15, 0.2) is 41.4 Å². The van der Waals surface area contributed by atoms with Crippen LogP contribution in [0, 0.1) is 0 Å². The molecule has 14 heavy (non-hydrogen) atoms. The molecule has 1 aromatic carbocycles. The van der Waals surface area contributed by atoms with E-state index in [-0.39, 0.29) is 0 Å². The van der Waals surface area contributed by atoms with Gasteiger partial charge in [0.1, 0.15) is 12.4 Å². The number of nitrogens with one attached hydrogen (secondary N) is 1. The van der Waals surface area contributed by atoms with E-state index >= 15 is 0 Å². The quantitative estimate of drug-likeness (QED) is 0.624. The molecule has 0 unspecified atom stereocenters. The smallest absolute Gasteiger partial charge is 0.119 e. The molecule has 0 saturated carbocycles. The zero-order chi connectivity index (χ0) is 10.2. The van der Waals surface area contributed by atoms with Crippen LogP contribution in [0.3, 0.4) is 0 Å². The summed E-state index contributed by atoms with van der Waals surface area (Å²) in [5, 5.41) is 3.16. The minimum Gasteiger partial charge on any atom is -0.492 e. The van der Waals surface area contributed by atoms with Gasteiger partial charge in [-0.25, -0.2) is 0 Å². The van der Waals surface area contributed by atoms with Gasteiger partial charge in [0.05, 0.1) is 0 Å². The summed E-state index contributed by atoms with van der Waals surface area (Å²) < 4.78 is 6.55. The number of rotatable bonds is 6. The first-order valence-electron chi connectivity index (χ1n) is 4.53. The molecule has 1 N–H and O–H groups in total. The molecule has 2 nitrogen and oxygen atoms in total. The highest BCUT2D eigenvalue weighted by Gasteiger charge is 1.92.